The van der Waals surface area contributed by atoms with Gasteiger partial charge in [-0.25, -0.2) is 9.78 Å². The van der Waals surface area contributed by atoms with Gasteiger partial charge < -0.3 is 14.8 Å². The summed E-state index contributed by atoms with van der Waals surface area (Å²) in [6.45, 7) is 1.73. The molecular formula is C12H20N4O4. The Morgan fingerprint density at radius 2 is 1.85 bits per heavy atom. The van der Waals surface area contributed by atoms with Crippen LogP contribution in [0.5, 0.6) is 0 Å². The van der Waals surface area contributed by atoms with Crippen LogP contribution in [0.25, 0.3) is 11.2 Å². The van der Waals surface area contributed by atoms with Crippen molar-refractivity contribution >= 4 is 11.2 Å². The van der Waals surface area contributed by atoms with Crippen LogP contribution in [-0.4, -0.2) is 41.6 Å². The number of fused-ring (bicyclic) bond motifs is 1. The minimum absolute atomic E-state index is 0.0810. The van der Waals surface area contributed by atoms with Crippen molar-refractivity contribution in [2.45, 2.75) is 19.4 Å². The van der Waals surface area contributed by atoms with Gasteiger partial charge in [0.05, 0.1) is 12.4 Å². The van der Waals surface area contributed by atoms with Gasteiger partial charge in [-0.2, -0.15) is 0 Å². The van der Waals surface area contributed by atoms with Crippen molar-refractivity contribution in [1.29, 1.82) is 0 Å². The van der Waals surface area contributed by atoms with E-state index in [4.69, 9.17) is 10.2 Å². The lowest BCUT2D eigenvalue weighted by molar-refractivity contribution is 0.148. The molecule has 1 atom stereocenters. The minimum atomic E-state index is -0.360. The average Bonchev–Trinajstić information content (AvgIpc) is 2.76. The monoisotopic (exact) mass is 284 g/mol. The lowest BCUT2D eigenvalue weighted by Gasteiger charge is -2.02. The first-order valence-electron chi connectivity index (χ1n) is 6.17. The number of aliphatic hydroxyl groups is 2. The Labute approximate surface area is 115 Å². The molecule has 2 aromatic rings. The van der Waals surface area contributed by atoms with Gasteiger partial charge in [0.25, 0.3) is 5.56 Å². The Hall–Kier alpha value is -1.93. The maximum atomic E-state index is 11.7. The van der Waals surface area contributed by atoms with E-state index >= 15 is 0 Å². The Morgan fingerprint density at radius 1 is 1.25 bits per heavy atom. The third-order valence-corrected chi connectivity index (χ3v) is 2.86. The summed E-state index contributed by atoms with van der Waals surface area (Å²) >= 11 is 0. The Kier molecular flexibility index (Phi) is 5.23. The second kappa shape index (κ2) is 6.49. The normalized spacial score (nSPS) is 12.1. The summed E-state index contributed by atoms with van der Waals surface area (Å²) in [4.78, 5) is 27.2. The highest BCUT2D eigenvalue weighted by Crippen LogP contribution is 2.01. The predicted molar refractivity (Wildman–Crippen MR) is 74.6 cm³/mol. The first-order valence-corrected chi connectivity index (χ1v) is 6.17. The maximum Gasteiger partial charge on any atom is 0.332 e. The molecule has 0 aromatic carbocycles. The van der Waals surface area contributed by atoms with Crippen molar-refractivity contribution in [2.75, 3.05) is 6.61 Å². The van der Waals surface area contributed by atoms with Crippen LogP contribution >= 0.6 is 0 Å². The molecule has 0 fully saturated rings. The molecule has 1 unspecified atom stereocenters. The van der Waals surface area contributed by atoms with Gasteiger partial charge in [0.1, 0.15) is 0 Å². The van der Waals surface area contributed by atoms with Gasteiger partial charge >= 0.3 is 5.69 Å². The zero-order valence-corrected chi connectivity index (χ0v) is 12.1. The van der Waals surface area contributed by atoms with Crippen LogP contribution < -0.4 is 11.2 Å². The SMILES string of the molecule is CC(O)CCO.Cn1c(=O)c2c(ncn2C)n(C)c1=O. The van der Waals surface area contributed by atoms with E-state index in [1.165, 1.54) is 17.9 Å². The molecule has 2 rings (SSSR count). The second-order valence-corrected chi connectivity index (χ2v) is 4.59. The lowest BCUT2D eigenvalue weighted by Crippen LogP contribution is -2.37. The molecular weight excluding hydrogens is 264 g/mol. The second-order valence-electron chi connectivity index (χ2n) is 4.59. The highest BCUT2D eigenvalue weighted by molar-refractivity contribution is 5.69. The standard InChI is InChI=1S/C8H10N4O2.C4H10O2/c1-10-4-9-6-5(10)7(13)12(3)8(14)11(6)2;1-4(6)2-3-5/h4H,1-3H3;4-6H,2-3H2,1H3. The van der Waals surface area contributed by atoms with Gasteiger partial charge in [0, 0.05) is 27.7 Å². The Balaban J connectivity index is 0.000000286. The summed E-state index contributed by atoms with van der Waals surface area (Å²) in [7, 11) is 4.77. The lowest BCUT2D eigenvalue weighted by atomic mass is 10.3. The fourth-order valence-electron chi connectivity index (χ4n) is 1.66. The van der Waals surface area contributed by atoms with Gasteiger partial charge in [-0.15, -0.1) is 0 Å². The minimum Gasteiger partial charge on any atom is -0.396 e. The Bertz CT molecular complexity index is 696. The summed E-state index contributed by atoms with van der Waals surface area (Å²) in [6, 6.07) is 0. The topological polar surface area (TPSA) is 102 Å². The van der Waals surface area contributed by atoms with E-state index in [1.54, 1.807) is 25.6 Å². The highest BCUT2D eigenvalue weighted by atomic mass is 16.3. The first-order chi connectivity index (χ1) is 9.31. The molecule has 0 bridgehead atoms. The van der Waals surface area contributed by atoms with Crippen molar-refractivity contribution < 1.29 is 10.2 Å². The van der Waals surface area contributed by atoms with Crippen LogP contribution in [0.15, 0.2) is 15.9 Å². The van der Waals surface area contributed by atoms with Crippen molar-refractivity contribution in [3.05, 3.63) is 27.2 Å². The van der Waals surface area contributed by atoms with E-state index < -0.39 is 0 Å². The molecule has 0 spiro atoms. The molecule has 0 aliphatic rings. The van der Waals surface area contributed by atoms with E-state index in [9.17, 15) is 9.59 Å². The molecule has 0 amide bonds. The van der Waals surface area contributed by atoms with Crippen LogP contribution in [0.4, 0.5) is 0 Å². The van der Waals surface area contributed by atoms with E-state index in [-0.39, 0.29) is 24.0 Å². The third kappa shape index (κ3) is 3.14. The first kappa shape index (κ1) is 16.1. The molecule has 0 saturated heterocycles. The number of nitrogens with zero attached hydrogens (tertiary/aromatic N) is 4. The van der Waals surface area contributed by atoms with Gasteiger partial charge in [0.2, 0.25) is 0 Å². The molecule has 8 nitrogen and oxygen atoms in total. The van der Waals surface area contributed by atoms with E-state index in [1.807, 2.05) is 0 Å². The number of rotatable bonds is 2. The largest absolute Gasteiger partial charge is 0.396 e. The zero-order valence-electron chi connectivity index (χ0n) is 12.1. The molecule has 20 heavy (non-hydrogen) atoms. The molecule has 2 aromatic heterocycles. The number of imidazole rings is 1. The van der Waals surface area contributed by atoms with E-state index in [0.717, 1.165) is 4.57 Å². The molecule has 112 valence electrons. The number of aromatic nitrogens is 4. The van der Waals surface area contributed by atoms with E-state index in [2.05, 4.69) is 4.98 Å². The molecule has 2 heterocycles. The van der Waals surface area contributed by atoms with Gasteiger partial charge in [-0.3, -0.25) is 13.9 Å². The number of hydrogen-bond donors (Lipinski definition) is 2. The Morgan fingerprint density at radius 3 is 2.30 bits per heavy atom. The number of hydrogen-bond acceptors (Lipinski definition) is 5. The molecule has 0 aliphatic carbocycles. The van der Waals surface area contributed by atoms with Crippen LogP contribution in [-0.2, 0) is 21.1 Å². The molecule has 0 aliphatic heterocycles. The van der Waals surface area contributed by atoms with Crippen LogP contribution in [0.3, 0.4) is 0 Å². The highest BCUT2D eigenvalue weighted by Gasteiger charge is 2.11. The molecule has 0 saturated carbocycles. The predicted octanol–water partition coefficient (Wildman–Crippen LogP) is -1.28. The van der Waals surface area contributed by atoms with E-state index in [0.29, 0.717) is 17.6 Å². The van der Waals surface area contributed by atoms with Crippen LogP contribution in [0.1, 0.15) is 13.3 Å². The van der Waals surface area contributed by atoms with Gasteiger partial charge in [-0.1, -0.05) is 0 Å². The van der Waals surface area contributed by atoms with Gasteiger partial charge in [0.15, 0.2) is 11.2 Å². The molecule has 0 radical (unpaired) electrons. The average molecular weight is 284 g/mol. The maximum absolute atomic E-state index is 11.7. The van der Waals surface area contributed by atoms with Crippen molar-refractivity contribution in [3.8, 4) is 0 Å². The number of aryl methyl sites for hydroxylation is 2. The quantitative estimate of drug-likeness (QED) is 0.715. The molecule has 2 N–H and O–H groups in total. The van der Waals surface area contributed by atoms with Crippen molar-refractivity contribution in [1.82, 2.24) is 18.7 Å². The third-order valence-electron chi connectivity index (χ3n) is 2.86. The summed E-state index contributed by atoms with van der Waals surface area (Å²) in [5.41, 5.74) is 0.180. The zero-order chi connectivity index (χ0) is 15.4. The van der Waals surface area contributed by atoms with Gasteiger partial charge in [-0.05, 0) is 13.3 Å². The summed E-state index contributed by atoms with van der Waals surface area (Å²) in [6.07, 6.45) is 1.65. The fraction of sp³-hybridized carbons (Fsp3) is 0.583. The fourth-order valence-corrected chi connectivity index (χ4v) is 1.66. The summed E-state index contributed by atoms with van der Waals surface area (Å²) < 4.78 is 4.04. The van der Waals surface area contributed by atoms with Crippen LogP contribution in [0, 0.1) is 0 Å². The number of aliphatic hydroxyl groups excluding tert-OH is 2. The summed E-state index contributed by atoms with van der Waals surface area (Å²) in [5.74, 6) is 0. The molecule has 8 heteroatoms. The smallest absolute Gasteiger partial charge is 0.332 e. The summed E-state index contributed by atoms with van der Waals surface area (Å²) in [5, 5.41) is 16.5. The van der Waals surface area contributed by atoms with Crippen LogP contribution in [0.2, 0.25) is 0 Å². The van der Waals surface area contributed by atoms with Crippen molar-refractivity contribution in [3.63, 3.8) is 0 Å². The van der Waals surface area contributed by atoms with Crippen molar-refractivity contribution in [2.24, 2.45) is 21.1 Å².